The summed E-state index contributed by atoms with van der Waals surface area (Å²) >= 11 is 0. The lowest BCUT2D eigenvalue weighted by Crippen LogP contribution is -2.53. The molecule has 2 aliphatic carbocycles. The largest absolute Gasteiger partial charge is 0.396 e. The van der Waals surface area contributed by atoms with Gasteiger partial charge in [0, 0.05) is 6.61 Å². The topological polar surface area (TPSA) is 80.9 Å². The summed E-state index contributed by atoms with van der Waals surface area (Å²) < 4.78 is 0. The third-order valence-corrected chi connectivity index (χ3v) is 5.74. The first-order chi connectivity index (χ1) is 8.96. The Labute approximate surface area is 114 Å². The second kappa shape index (κ2) is 5.52. The fourth-order valence-corrected chi connectivity index (χ4v) is 4.33. The molecule has 0 bridgehead atoms. The van der Waals surface area contributed by atoms with E-state index in [1.165, 1.54) is 0 Å². The highest BCUT2D eigenvalue weighted by Gasteiger charge is 2.55. The van der Waals surface area contributed by atoms with Gasteiger partial charge in [0.25, 0.3) is 0 Å². The van der Waals surface area contributed by atoms with Crippen LogP contribution in [0.2, 0.25) is 0 Å². The van der Waals surface area contributed by atoms with E-state index in [0.29, 0.717) is 6.42 Å². The van der Waals surface area contributed by atoms with Gasteiger partial charge < -0.3 is 20.4 Å². The van der Waals surface area contributed by atoms with Crippen LogP contribution in [0.3, 0.4) is 0 Å². The highest BCUT2D eigenvalue weighted by Crippen LogP contribution is 2.58. The van der Waals surface area contributed by atoms with Gasteiger partial charge in [0.15, 0.2) is 0 Å². The van der Waals surface area contributed by atoms with E-state index in [1.54, 1.807) is 0 Å². The molecule has 0 aromatic rings. The number of hydrogen-bond donors (Lipinski definition) is 4. The molecule has 2 aliphatic rings. The third-order valence-electron chi connectivity index (χ3n) is 5.74. The van der Waals surface area contributed by atoms with Crippen LogP contribution < -0.4 is 0 Å². The van der Waals surface area contributed by atoms with Crippen molar-refractivity contribution < 1.29 is 20.4 Å². The number of rotatable bonds is 3. The third kappa shape index (κ3) is 2.35. The SMILES string of the molecule is C=C(CO)[C@@H]1CC[C@]2(C1)[C@H](CO)C[C@@H](O)[C@H](O)[C@H]2C. The Morgan fingerprint density at radius 3 is 2.58 bits per heavy atom. The molecule has 0 aliphatic heterocycles. The Morgan fingerprint density at radius 2 is 2.00 bits per heavy atom. The maximum Gasteiger partial charge on any atom is 0.0830 e. The van der Waals surface area contributed by atoms with E-state index in [1.807, 2.05) is 6.92 Å². The van der Waals surface area contributed by atoms with Crippen molar-refractivity contribution in [3.05, 3.63) is 12.2 Å². The molecular weight excluding hydrogens is 244 g/mol. The van der Waals surface area contributed by atoms with Gasteiger partial charge in [-0.25, -0.2) is 0 Å². The van der Waals surface area contributed by atoms with Crippen molar-refractivity contribution in [2.24, 2.45) is 23.2 Å². The predicted molar refractivity (Wildman–Crippen MR) is 72.4 cm³/mol. The summed E-state index contributed by atoms with van der Waals surface area (Å²) in [5.41, 5.74) is 0.720. The molecule has 110 valence electrons. The smallest absolute Gasteiger partial charge is 0.0830 e. The van der Waals surface area contributed by atoms with Crippen molar-refractivity contribution in [1.29, 1.82) is 0 Å². The average molecular weight is 270 g/mol. The standard InChI is InChI=1S/C15H26O4/c1-9(7-16)11-3-4-15(6-11)10(2)14(19)13(18)5-12(15)8-17/h10-14,16-19H,1,3-8H2,2H3/t10-,11-,12+,13-,14-,15-/m1/s1. The fraction of sp³-hybridized carbons (Fsp3) is 0.867. The van der Waals surface area contributed by atoms with Gasteiger partial charge in [-0.2, -0.15) is 0 Å². The van der Waals surface area contributed by atoms with E-state index in [-0.39, 0.29) is 36.4 Å². The van der Waals surface area contributed by atoms with Crippen LogP contribution in [0.25, 0.3) is 0 Å². The van der Waals surface area contributed by atoms with E-state index >= 15 is 0 Å². The highest BCUT2D eigenvalue weighted by molar-refractivity contribution is 5.11. The van der Waals surface area contributed by atoms with Gasteiger partial charge in [-0.15, -0.1) is 0 Å². The van der Waals surface area contributed by atoms with Gasteiger partial charge in [-0.1, -0.05) is 13.5 Å². The zero-order valence-electron chi connectivity index (χ0n) is 11.6. The minimum Gasteiger partial charge on any atom is -0.396 e. The number of aliphatic hydroxyl groups is 4. The molecule has 0 aromatic carbocycles. The summed E-state index contributed by atoms with van der Waals surface area (Å²) in [6, 6.07) is 0. The lowest BCUT2D eigenvalue weighted by Gasteiger charge is -2.50. The van der Waals surface area contributed by atoms with Crippen molar-refractivity contribution >= 4 is 0 Å². The molecule has 19 heavy (non-hydrogen) atoms. The van der Waals surface area contributed by atoms with Crippen molar-refractivity contribution in [2.45, 2.75) is 44.8 Å². The molecule has 6 atom stereocenters. The highest BCUT2D eigenvalue weighted by atomic mass is 16.3. The first kappa shape index (κ1) is 15.0. The van der Waals surface area contributed by atoms with Crippen LogP contribution in [0.4, 0.5) is 0 Å². The first-order valence-corrected chi connectivity index (χ1v) is 7.21. The average Bonchev–Trinajstić information content (AvgIpc) is 2.86. The molecule has 0 radical (unpaired) electrons. The predicted octanol–water partition coefficient (Wildman–Crippen LogP) is 0.691. The molecule has 4 N–H and O–H groups in total. The normalized spacial score (nSPS) is 46.7. The Kier molecular flexibility index (Phi) is 4.35. The maximum atomic E-state index is 10.2. The van der Waals surface area contributed by atoms with E-state index < -0.39 is 12.2 Å². The summed E-state index contributed by atoms with van der Waals surface area (Å²) in [5.74, 6) is 0.256. The summed E-state index contributed by atoms with van der Waals surface area (Å²) in [5, 5.41) is 38.9. The van der Waals surface area contributed by atoms with Gasteiger partial charge in [0.1, 0.15) is 0 Å². The van der Waals surface area contributed by atoms with Crippen LogP contribution in [0, 0.1) is 23.2 Å². The van der Waals surface area contributed by atoms with E-state index in [0.717, 1.165) is 24.8 Å². The van der Waals surface area contributed by atoms with Gasteiger partial charge in [-0.05, 0) is 54.4 Å². The fourth-order valence-electron chi connectivity index (χ4n) is 4.33. The van der Waals surface area contributed by atoms with Crippen LogP contribution in [-0.4, -0.2) is 45.8 Å². The second-order valence-corrected chi connectivity index (χ2v) is 6.45. The molecule has 0 heterocycles. The Bertz CT molecular complexity index is 339. The molecule has 4 nitrogen and oxygen atoms in total. The Hall–Kier alpha value is -0.420. The molecule has 2 saturated carbocycles. The van der Waals surface area contributed by atoms with E-state index in [9.17, 15) is 20.4 Å². The quantitative estimate of drug-likeness (QED) is 0.569. The Balaban J connectivity index is 2.22. The molecule has 1 spiro atoms. The molecule has 0 unspecified atom stereocenters. The Morgan fingerprint density at radius 1 is 1.32 bits per heavy atom. The van der Waals surface area contributed by atoms with Gasteiger partial charge in [-0.3, -0.25) is 0 Å². The number of hydrogen-bond acceptors (Lipinski definition) is 4. The monoisotopic (exact) mass is 270 g/mol. The molecule has 0 amide bonds. The van der Waals surface area contributed by atoms with Crippen LogP contribution in [0.15, 0.2) is 12.2 Å². The maximum absolute atomic E-state index is 10.2. The van der Waals surface area contributed by atoms with E-state index in [4.69, 9.17) is 0 Å². The molecule has 0 aromatic heterocycles. The van der Waals surface area contributed by atoms with Crippen molar-refractivity contribution in [1.82, 2.24) is 0 Å². The van der Waals surface area contributed by atoms with Crippen molar-refractivity contribution in [3.63, 3.8) is 0 Å². The molecule has 4 heteroatoms. The van der Waals surface area contributed by atoms with Crippen LogP contribution in [-0.2, 0) is 0 Å². The van der Waals surface area contributed by atoms with Crippen LogP contribution in [0.1, 0.15) is 32.6 Å². The summed E-state index contributed by atoms with van der Waals surface area (Å²) in [6.07, 6.45) is 1.72. The van der Waals surface area contributed by atoms with Crippen LogP contribution >= 0.6 is 0 Å². The zero-order valence-corrected chi connectivity index (χ0v) is 11.6. The van der Waals surface area contributed by atoms with Crippen LogP contribution in [0.5, 0.6) is 0 Å². The first-order valence-electron chi connectivity index (χ1n) is 7.21. The summed E-state index contributed by atoms with van der Waals surface area (Å²) in [6.45, 7) is 5.94. The minimum absolute atomic E-state index is 0.00407. The lowest BCUT2D eigenvalue weighted by molar-refractivity contribution is -0.135. The second-order valence-electron chi connectivity index (χ2n) is 6.45. The van der Waals surface area contributed by atoms with Gasteiger partial charge >= 0.3 is 0 Å². The summed E-state index contributed by atoms with van der Waals surface area (Å²) in [7, 11) is 0. The zero-order chi connectivity index (χ0) is 14.2. The molecule has 2 fully saturated rings. The minimum atomic E-state index is -0.738. The molecular formula is C15H26O4. The summed E-state index contributed by atoms with van der Waals surface area (Å²) in [4.78, 5) is 0. The van der Waals surface area contributed by atoms with Crippen molar-refractivity contribution in [2.75, 3.05) is 13.2 Å². The van der Waals surface area contributed by atoms with E-state index in [2.05, 4.69) is 6.58 Å². The van der Waals surface area contributed by atoms with Gasteiger partial charge in [0.05, 0.1) is 18.8 Å². The number of aliphatic hydroxyl groups excluding tert-OH is 4. The van der Waals surface area contributed by atoms with Crippen molar-refractivity contribution in [3.8, 4) is 0 Å². The van der Waals surface area contributed by atoms with Gasteiger partial charge in [0.2, 0.25) is 0 Å². The molecule has 2 rings (SSSR count). The lowest BCUT2D eigenvalue weighted by atomic mass is 9.57. The molecule has 0 saturated heterocycles.